The number of allylic oxidation sites excluding steroid dienone is 1. The fraction of sp³-hybridized carbons (Fsp3) is 0.308. The van der Waals surface area contributed by atoms with Crippen molar-refractivity contribution in [2.75, 3.05) is 0 Å². The van der Waals surface area contributed by atoms with E-state index in [-0.39, 0.29) is 5.78 Å². The second kappa shape index (κ2) is 5.38. The van der Waals surface area contributed by atoms with Crippen LogP contribution in [-0.2, 0) is 0 Å². The molecule has 0 bridgehead atoms. The van der Waals surface area contributed by atoms with E-state index in [1.165, 1.54) is 6.42 Å². The van der Waals surface area contributed by atoms with Gasteiger partial charge in [-0.05, 0) is 18.9 Å². The van der Waals surface area contributed by atoms with Crippen LogP contribution in [0, 0.1) is 0 Å². The molecule has 0 heterocycles. The first-order valence-corrected chi connectivity index (χ1v) is 5.01. The SMILES string of the molecule is CCC/C=C\c1ccc(C(C)=O)cc1. The van der Waals surface area contributed by atoms with Crippen LogP contribution in [0.1, 0.15) is 42.6 Å². The number of carbonyl (C=O) groups excluding carboxylic acids is 1. The van der Waals surface area contributed by atoms with E-state index in [1.807, 2.05) is 24.3 Å². The van der Waals surface area contributed by atoms with Crippen LogP contribution in [0.5, 0.6) is 0 Å². The second-order valence-electron chi connectivity index (χ2n) is 3.37. The van der Waals surface area contributed by atoms with Crippen LogP contribution in [-0.4, -0.2) is 5.78 Å². The Morgan fingerprint density at radius 2 is 1.93 bits per heavy atom. The zero-order chi connectivity index (χ0) is 10.4. The van der Waals surface area contributed by atoms with Crippen LogP contribution in [0.15, 0.2) is 30.3 Å². The lowest BCUT2D eigenvalue weighted by atomic mass is 10.1. The number of rotatable bonds is 4. The predicted octanol–water partition coefficient (Wildman–Crippen LogP) is 3.70. The standard InChI is InChI=1S/C13H16O/c1-3-4-5-6-12-7-9-13(10-8-12)11(2)14/h5-10H,3-4H2,1-2H3/b6-5-. The third-order valence-corrected chi connectivity index (χ3v) is 2.08. The van der Waals surface area contributed by atoms with E-state index in [2.05, 4.69) is 19.1 Å². The molecule has 0 fully saturated rings. The minimum Gasteiger partial charge on any atom is -0.295 e. The molecular weight excluding hydrogens is 172 g/mol. The highest BCUT2D eigenvalue weighted by atomic mass is 16.1. The van der Waals surface area contributed by atoms with Crippen molar-refractivity contribution < 1.29 is 4.79 Å². The molecule has 14 heavy (non-hydrogen) atoms. The third kappa shape index (κ3) is 3.17. The quantitative estimate of drug-likeness (QED) is 0.658. The van der Waals surface area contributed by atoms with Gasteiger partial charge in [0.15, 0.2) is 5.78 Å². The van der Waals surface area contributed by atoms with Gasteiger partial charge in [0.1, 0.15) is 0 Å². The van der Waals surface area contributed by atoms with Gasteiger partial charge in [0.05, 0.1) is 0 Å². The summed E-state index contributed by atoms with van der Waals surface area (Å²) in [5.41, 5.74) is 1.93. The average Bonchev–Trinajstić information content (AvgIpc) is 2.19. The number of hydrogen-bond donors (Lipinski definition) is 0. The lowest BCUT2D eigenvalue weighted by Gasteiger charge is -1.96. The van der Waals surface area contributed by atoms with Crippen LogP contribution in [0.3, 0.4) is 0 Å². The van der Waals surface area contributed by atoms with E-state index in [0.717, 1.165) is 17.5 Å². The minimum absolute atomic E-state index is 0.120. The summed E-state index contributed by atoms with van der Waals surface area (Å²) in [6.07, 6.45) is 6.52. The predicted molar refractivity (Wildman–Crippen MR) is 60.4 cm³/mol. The van der Waals surface area contributed by atoms with Crippen molar-refractivity contribution in [3.63, 3.8) is 0 Å². The Morgan fingerprint density at radius 3 is 2.43 bits per heavy atom. The maximum atomic E-state index is 11.0. The average molecular weight is 188 g/mol. The molecule has 0 aliphatic heterocycles. The number of carbonyl (C=O) groups is 1. The molecule has 1 aromatic rings. The zero-order valence-electron chi connectivity index (χ0n) is 8.79. The Labute approximate surface area is 85.5 Å². The minimum atomic E-state index is 0.120. The molecular formula is C13H16O. The van der Waals surface area contributed by atoms with Crippen molar-refractivity contribution in [2.24, 2.45) is 0 Å². The monoisotopic (exact) mass is 188 g/mol. The summed E-state index contributed by atoms with van der Waals surface area (Å²) >= 11 is 0. The summed E-state index contributed by atoms with van der Waals surface area (Å²) in [4.78, 5) is 11.0. The number of unbranched alkanes of at least 4 members (excludes halogenated alkanes) is 1. The summed E-state index contributed by atoms with van der Waals surface area (Å²) < 4.78 is 0. The Balaban J connectivity index is 2.68. The van der Waals surface area contributed by atoms with E-state index >= 15 is 0 Å². The molecule has 0 radical (unpaired) electrons. The first kappa shape index (κ1) is 10.7. The smallest absolute Gasteiger partial charge is 0.159 e. The van der Waals surface area contributed by atoms with Gasteiger partial charge in [0.25, 0.3) is 0 Å². The van der Waals surface area contributed by atoms with Crippen LogP contribution in [0.2, 0.25) is 0 Å². The Bertz CT molecular complexity index is 320. The topological polar surface area (TPSA) is 17.1 Å². The molecule has 0 N–H and O–H groups in total. The van der Waals surface area contributed by atoms with E-state index in [1.54, 1.807) is 6.92 Å². The summed E-state index contributed by atoms with van der Waals surface area (Å²) in [7, 11) is 0. The van der Waals surface area contributed by atoms with E-state index in [0.29, 0.717) is 0 Å². The molecule has 0 atom stereocenters. The fourth-order valence-corrected chi connectivity index (χ4v) is 1.22. The van der Waals surface area contributed by atoms with Gasteiger partial charge in [0.2, 0.25) is 0 Å². The normalized spacial score (nSPS) is 10.7. The van der Waals surface area contributed by atoms with Gasteiger partial charge in [-0.2, -0.15) is 0 Å². The van der Waals surface area contributed by atoms with Crippen molar-refractivity contribution in [1.82, 2.24) is 0 Å². The number of ketones is 1. The van der Waals surface area contributed by atoms with Crippen molar-refractivity contribution in [2.45, 2.75) is 26.7 Å². The lowest BCUT2D eigenvalue weighted by Crippen LogP contribution is -1.90. The number of hydrogen-bond acceptors (Lipinski definition) is 1. The van der Waals surface area contributed by atoms with E-state index in [4.69, 9.17) is 0 Å². The van der Waals surface area contributed by atoms with Crippen LogP contribution >= 0.6 is 0 Å². The first-order chi connectivity index (χ1) is 6.74. The molecule has 0 amide bonds. The van der Waals surface area contributed by atoms with Gasteiger partial charge in [0, 0.05) is 5.56 Å². The highest BCUT2D eigenvalue weighted by molar-refractivity contribution is 5.94. The molecule has 0 aliphatic rings. The largest absolute Gasteiger partial charge is 0.295 e. The molecule has 0 aliphatic carbocycles. The van der Waals surface area contributed by atoms with E-state index < -0.39 is 0 Å². The van der Waals surface area contributed by atoms with Gasteiger partial charge in [-0.1, -0.05) is 49.8 Å². The zero-order valence-corrected chi connectivity index (χ0v) is 8.79. The third-order valence-electron chi connectivity index (χ3n) is 2.08. The van der Waals surface area contributed by atoms with E-state index in [9.17, 15) is 4.79 Å². The molecule has 0 aromatic heterocycles. The molecule has 74 valence electrons. The van der Waals surface area contributed by atoms with Gasteiger partial charge in [-0.3, -0.25) is 4.79 Å². The molecule has 1 rings (SSSR count). The highest BCUT2D eigenvalue weighted by Crippen LogP contribution is 2.07. The summed E-state index contributed by atoms with van der Waals surface area (Å²) in [6, 6.07) is 7.69. The lowest BCUT2D eigenvalue weighted by molar-refractivity contribution is 0.101. The van der Waals surface area contributed by atoms with Gasteiger partial charge in [-0.25, -0.2) is 0 Å². The van der Waals surface area contributed by atoms with Crippen molar-refractivity contribution >= 4 is 11.9 Å². The molecule has 0 spiro atoms. The molecule has 1 nitrogen and oxygen atoms in total. The molecule has 0 saturated heterocycles. The first-order valence-electron chi connectivity index (χ1n) is 5.01. The molecule has 0 unspecified atom stereocenters. The fourth-order valence-electron chi connectivity index (χ4n) is 1.22. The Morgan fingerprint density at radius 1 is 1.29 bits per heavy atom. The van der Waals surface area contributed by atoms with Crippen LogP contribution < -0.4 is 0 Å². The van der Waals surface area contributed by atoms with Gasteiger partial charge in [-0.15, -0.1) is 0 Å². The molecule has 0 saturated carbocycles. The van der Waals surface area contributed by atoms with Gasteiger partial charge >= 0.3 is 0 Å². The van der Waals surface area contributed by atoms with Crippen molar-refractivity contribution in [3.05, 3.63) is 41.5 Å². The van der Waals surface area contributed by atoms with Crippen molar-refractivity contribution in [3.8, 4) is 0 Å². The highest BCUT2D eigenvalue weighted by Gasteiger charge is 1.96. The molecule has 1 heteroatoms. The summed E-state index contributed by atoms with van der Waals surface area (Å²) in [5, 5.41) is 0. The van der Waals surface area contributed by atoms with Crippen LogP contribution in [0.4, 0.5) is 0 Å². The summed E-state index contributed by atoms with van der Waals surface area (Å²) in [6.45, 7) is 3.74. The Kier molecular flexibility index (Phi) is 4.11. The second-order valence-corrected chi connectivity index (χ2v) is 3.37. The summed E-state index contributed by atoms with van der Waals surface area (Å²) in [5.74, 6) is 0.120. The molecule has 1 aromatic carbocycles. The van der Waals surface area contributed by atoms with Gasteiger partial charge < -0.3 is 0 Å². The maximum Gasteiger partial charge on any atom is 0.159 e. The maximum absolute atomic E-state index is 11.0. The van der Waals surface area contributed by atoms with Crippen molar-refractivity contribution in [1.29, 1.82) is 0 Å². The van der Waals surface area contributed by atoms with Crippen LogP contribution in [0.25, 0.3) is 6.08 Å². The Hall–Kier alpha value is -1.37. The number of Topliss-reactive ketones (excluding diaryl/α,β-unsaturated/α-hetero) is 1. The number of benzene rings is 1.